The third-order valence-corrected chi connectivity index (χ3v) is 62.7. The molecule has 0 aliphatic rings. The zero-order chi connectivity index (χ0) is 42.7. The van der Waals surface area contributed by atoms with Crippen LogP contribution in [-0.4, -0.2) is 90.7 Å². The summed E-state index contributed by atoms with van der Waals surface area (Å²) in [7, 11) is 4.34. The predicted molar refractivity (Wildman–Crippen MR) is 260 cm³/mol. The number of carbonyl (C=O) groups is 2. The molecule has 2 atom stereocenters. The van der Waals surface area contributed by atoms with Crippen molar-refractivity contribution >= 4 is 83.9 Å². The second kappa shape index (κ2) is 38.4. The van der Waals surface area contributed by atoms with Gasteiger partial charge in [0.2, 0.25) is 0 Å². The van der Waals surface area contributed by atoms with Gasteiger partial charge in [-0.15, -0.1) is 0 Å². The van der Waals surface area contributed by atoms with Crippen LogP contribution in [0.15, 0.2) is 0 Å². The summed E-state index contributed by atoms with van der Waals surface area (Å²) >= 11 is -10.0. The van der Waals surface area contributed by atoms with Crippen LogP contribution in [0.25, 0.3) is 0 Å². The molecule has 0 aromatic heterocycles. The van der Waals surface area contributed by atoms with E-state index in [2.05, 4.69) is 87.1 Å². The van der Waals surface area contributed by atoms with E-state index in [9.17, 15) is 9.59 Å². The van der Waals surface area contributed by atoms with Crippen LogP contribution in [0.5, 0.6) is 0 Å². The summed E-state index contributed by atoms with van der Waals surface area (Å²) in [6.07, 6.45) is 24.2. The molecule has 0 amide bonds. The summed E-state index contributed by atoms with van der Waals surface area (Å²) in [6.45, 7) is 24.2. The Labute approximate surface area is 375 Å². The van der Waals surface area contributed by atoms with Gasteiger partial charge >= 0.3 is 379 Å². The fraction of sp³-hybridized carbons (Fsp3) is 0.957. The van der Waals surface area contributed by atoms with E-state index in [-0.39, 0.29) is 11.9 Å². The summed E-state index contributed by atoms with van der Waals surface area (Å²) < 4.78 is 33.8. The second-order valence-electron chi connectivity index (χ2n) is 17.0. The van der Waals surface area contributed by atoms with Crippen LogP contribution >= 0.6 is 17.9 Å². The molecule has 6 nitrogen and oxygen atoms in total. The van der Waals surface area contributed by atoms with E-state index in [0.717, 1.165) is 107 Å². The van der Waals surface area contributed by atoms with Crippen LogP contribution in [0.4, 0.5) is 0 Å². The first-order valence-electron chi connectivity index (χ1n) is 24.5. The minimum absolute atomic E-state index is 0.00476. The SMILES string of the molecule is CCCCC(CC)C[O][Sn]([CH2]CCC)([CH2]CCC)[O]C(=O)CC[S][Sn]([CH2]CCC)([CH2]CCC)[S]CCC(=O)[O][Sn]([CH2]CCC)([CH2]CCC)[O]CC(CC)CCCC. The zero-order valence-electron chi connectivity index (χ0n) is 39.5. The maximum absolute atomic E-state index is 13.8. The molecule has 0 aromatic rings. The van der Waals surface area contributed by atoms with Crippen molar-refractivity contribution in [3.63, 3.8) is 0 Å². The molecule has 0 rings (SSSR count). The molecule has 0 heterocycles. The summed E-state index contributed by atoms with van der Waals surface area (Å²) in [5.41, 5.74) is 0. The van der Waals surface area contributed by atoms with E-state index in [4.69, 9.17) is 12.3 Å². The molecule has 11 heteroatoms. The van der Waals surface area contributed by atoms with E-state index in [0.29, 0.717) is 24.7 Å². The van der Waals surface area contributed by atoms with E-state index in [1.807, 2.05) is 0 Å². The Morgan fingerprint density at radius 2 is 0.737 bits per heavy atom. The van der Waals surface area contributed by atoms with E-state index >= 15 is 0 Å². The molecule has 0 radical (unpaired) electrons. The summed E-state index contributed by atoms with van der Waals surface area (Å²) in [6, 6.07) is 0. The molecular formula is C46H96O6S2Sn3. The molecule has 0 spiro atoms. The summed E-state index contributed by atoms with van der Waals surface area (Å²) in [5.74, 6) is 2.79. The van der Waals surface area contributed by atoms with Gasteiger partial charge in [-0.05, 0) is 0 Å². The van der Waals surface area contributed by atoms with Gasteiger partial charge in [-0.2, -0.15) is 0 Å². The second-order valence-corrected chi connectivity index (χ2v) is 62.5. The average Bonchev–Trinajstić information content (AvgIpc) is 3.21. The number of hydrogen-bond acceptors (Lipinski definition) is 8. The molecule has 2 unspecified atom stereocenters. The topological polar surface area (TPSA) is 71.1 Å². The number of hydrogen-bond donors (Lipinski definition) is 0. The van der Waals surface area contributed by atoms with E-state index in [1.54, 1.807) is 0 Å². The molecule has 0 fully saturated rings. The number of rotatable bonds is 42. The summed E-state index contributed by atoms with van der Waals surface area (Å²) in [5, 5.41) is 0. The Balaban J connectivity index is 5.94. The third-order valence-electron chi connectivity index (χ3n) is 11.7. The Hall–Kier alpha value is 1.96. The molecule has 57 heavy (non-hydrogen) atoms. The van der Waals surface area contributed by atoms with Gasteiger partial charge in [0, 0.05) is 0 Å². The van der Waals surface area contributed by atoms with Crippen molar-refractivity contribution < 1.29 is 21.9 Å². The van der Waals surface area contributed by atoms with Crippen LogP contribution in [0, 0.1) is 11.8 Å². The Morgan fingerprint density at radius 1 is 0.439 bits per heavy atom. The van der Waals surface area contributed by atoms with Crippen molar-refractivity contribution in [2.75, 3.05) is 24.7 Å². The van der Waals surface area contributed by atoms with Crippen LogP contribution in [0.1, 0.15) is 210 Å². The molecular weight excluding hydrogens is 1070 g/mol. The fourth-order valence-corrected chi connectivity index (χ4v) is 58.6. The zero-order valence-corrected chi connectivity index (χ0v) is 49.7. The third kappa shape index (κ3) is 28.4. The van der Waals surface area contributed by atoms with Gasteiger partial charge < -0.3 is 0 Å². The van der Waals surface area contributed by atoms with E-state index < -0.39 is 54.0 Å². The van der Waals surface area contributed by atoms with Gasteiger partial charge in [0.15, 0.2) is 0 Å². The van der Waals surface area contributed by atoms with Gasteiger partial charge in [-0.3, -0.25) is 0 Å². The monoisotopic (exact) mass is 1170 g/mol. The van der Waals surface area contributed by atoms with Gasteiger partial charge in [0.1, 0.15) is 0 Å². The standard InChI is InChI=1S/2C8H17O.6C4H9.2C3H6O2S.3Sn/c2*1-3-5-6-8(4-2)7-9;6*1-3-4-2;2*4-3(5)1-2-6;;;/h2*8H,3-7H2,1-2H3;6*1,3-4H2,2H3;2*6H,1-2H2,(H,4,5);;;/q2*-1;;;;;;;;;3*+2/p-4. The van der Waals surface area contributed by atoms with Crippen LogP contribution in [0.2, 0.25) is 26.6 Å². The minimum atomic E-state index is -3.60. The van der Waals surface area contributed by atoms with Gasteiger partial charge in [0.05, 0.1) is 0 Å². The average molecular weight is 1170 g/mol. The maximum atomic E-state index is 13.8. The van der Waals surface area contributed by atoms with Crippen molar-refractivity contribution in [1.82, 2.24) is 0 Å². The molecule has 340 valence electrons. The van der Waals surface area contributed by atoms with Crippen molar-refractivity contribution in [2.24, 2.45) is 11.8 Å². The quantitative estimate of drug-likeness (QED) is 0.0560. The molecule has 0 aliphatic heterocycles. The molecule has 0 aromatic carbocycles. The summed E-state index contributed by atoms with van der Waals surface area (Å²) in [4.78, 5) is 27.6. The van der Waals surface area contributed by atoms with Gasteiger partial charge in [-0.25, -0.2) is 0 Å². The normalized spacial score (nSPS) is 13.5. The molecule has 0 aliphatic carbocycles. The van der Waals surface area contributed by atoms with Gasteiger partial charge in [-0.1, -0.05) is 0 Å². The first-order chi connectivity index (χ1) is 27.6. The van der Waals surface area contributed by atoms with Gasteiger partial charge in [0.25, 0.3) is 0 Å². The fourth-order valence-electron chi connectivity index (χ4n) is 7.43. The van der Waals surface area contributed by atoms with Crippen molar-refractivity contribution in [1.29, 1.82) is 0 Å². The number of carbonyl (C=O) groups excluding carboxylic acids is 2. The molecule has 0 saturated carbocycles. The van der Waals surface area contributed by atoms with E-state index in [1.165, 1.54) is 73.1 Å². The van der Waals surface area contributed by atoms with Crippen molar-refractivity contribution in [3.8, 4) is 0 Å². The molecule has 0 N–H and O–H groups in total. The van der Waals surface area contributed by atoms with Crippen LogP contribution in [-0.2, 0) is 21.9 Å². The van der Waals surface area contributed by atoms with Crippen molar-refractivity contribution in [3.05, 3.63) is 0 Å². The first kappa shape index (κ1) is 59.0. The number of unbranched alkanes of at least 4 members (excludes halogenated alkanes) is 8. The Bertz CT molecular complexity index is 871. The predicted octanol–water partition coefficient (Wildman–Crippen LogP) is 15.9. The Morgan fingerprint density at radius 3 is 1.02 bits per heavy atom. The van der Waals surface area contributed by atoms with Crippen LogP contribution < -0.4 is 0 Å². The van der Waals surface area contributed by atoms with Crippen molar-refractivity contribution in [2.45, 2.75) is 237 Å². The first-order valence-corrected chi connectivity index (χ1v) is 50.3. The molecule has 0 bridgehead atoms. The molecule has 0 saturated heterocycles. The van der Waals surface area contributed by atoms with Crippen LogP contribution in [0.3, 0.4) is 0 Å². The Kier molecular flexibility index (Phi) is 39.7.